The largest absolute Gasteiger partial charge is 0.394 e. The van der Waals surface area contributed by atoms with Gasteiger partial charge in [-0.05, 0) is 57.8 Å². The molecule has 0 aromatic heterocycles. The predicted molar refractivity (Wildman–Crippen MR) is 281 cm³/mol. The van der Waals surface area contributed by atoms with E-state index >= 15 is 0 Å². The van der Waals surface area contributed by atoms with E-state index in [0.29, 0.717) is 6.42 Å². The second-order valence-electron chi connectivity index (χ2n) is 19.7. The minimum Gasteiger partial charge on any atom is -0.394 e. The molecule has 0 fully saturated rings. The van der Waals surface area contributed by atoms with Crippen molar-refractivity contribution in [2.75, 3.05) is 6.61 Å². The molecule has 2 atom stereocenters. The van der Waals surface area contributed by atoms with E-state index in [9.17, 15) is 15.0 Å². The van der Waals surface area contributed by atoms with E-state index in [1.165, 1.54) is 263 Å². The molecule has 372 valence electrons. The second-order valence-corrected chi connectivity index (χ2v) is 19.7. The molecule has 0 saturated carbocycles. The molecule has 0 aliphatic rings. The van der Waals surface area contributed by atoms with Crippen LogP contribution in [0, 0.1) is 0 Å². The van der Waals surface area contributed by atoms with Crippen LogP contribution >= 0.6 is 0 Å². The number of amides is 1. The Morgan fingerprint density at radius 2 is 0.619 bits per heavy atom. The number of allylic oxidation sites excluding steroid dienone is 5. The van der Waals surface area contributed by atoms with Crippen molar-refractivity contribution in [3.05, 3.63) is 36.5 Å². The van der Waals surface area contributed by atoms with Crippen molar-refractivity contribution in [3.63, 3.8) is 0 Å². The van der Waals surface area contributed by atoms with Crippen LogP contribution in [-0.2, 0) is 4.79 Å². The zero-order valence-corrected chi connectivity index (χ0v) is 42.9. The number of unbranched alkanes of at least 4 members (excludes halogenated alkanes) is 42. The summed E-state index contributed by atoms with van der Waals surface area (Å²) in [6.07, 6.45) is 74.6. The second kappa shape index (κ2) is 54.9. The molecular weight excluding hydrogens is 771 g/mol. The molecule has 3 N–H and O–H groups in total. The molecule has 0 aromatic rings. The van der Waals surface area contributed by atoms with E-state index in [1.807, 2.05) is 6.08 Å². The Kier molecular flexibility index (Phi) is 53.7. The number of rotatable bonds is 53. The fourth-order valence-electron chi connectivity index (χ4n) is 8.96. The van der Waals surface area contributed by atoms with Crippen LogP contribution in [0.5, 0.6) is 0 Å². The van der Waals surface area contributed by atoms with Gasteiger partial charge >= 0.3 is 0 Å². The number of aliphatic hydroxyl groups excluding tert-OH is 2. The molecule has 4 nitrogen and oxygen atoms in total. The van der Waals surface area contributed by atoms with Crippen molar-refractivity contribution in [3.8, 4) is 0 Å². The molecule has 0 aromatic carbocycles. The Bertz CT molecular complexity index is 958. The number of hydrogen-bond acceptors (Lipinski definition) is 3. The third kappa shape index (κ3) is 51.5. The maximum atomic E-state index is 12.4. The minimum atomic E-state index is -0.863. The van der Waals surface area contributed by atoms with Gasteiger partial charge in [-0.3, -0.25) is 4.79 Å². The van der Waals surface area contributed by atoms with E-state index < -0.39 is 12.1 Å². The molecule has 4 heteroatoms. The maximum Gasteiger partial charge on any atom is 0.220 e. The van der Waals surface area contributed by atoms with Crippen LogP contribution in [0.25, 0.3) is 0 Å². The predicted octanol–water partition coefficient (Wildman–Crippen LogP) is 18.9. The Morgan fingerprint density at radius 3 is 0.921 bits per heavy atom. The van der Waals surface area contributed by atoms with E-state index in [-0.39, 0.29) is 12.5 Å². The number of carbonyl (C=O) groups is 1. The summed E-state index contributed by atoms with van der Waals surface area (Å²) < 4.78 is 0. The summed E-state index contributed by atoms with van der Waals surface area (Å²) in [6, 6.07) is -0.640. The normalized spacial score (nSPS) is 13.0. The molecule has 1 amide bonds. The first-order chi connectivity index (χ1) is 31.2. The van der Waals surface area contributed by atoms with Gasteiger partial charge < -0.3 is 15.5 Å². The van der Waals surface area contributed by atoms with Gasteiger partial charge in [0.25, 0.3) is 0 Å². The summed E-state index contributed by atoms with van der Waals surface area (Å²) in [5.41, 5.74) is 0. The van der Waals surface area contributed by atoms with Gasteiger partial charge in [0.1, 0.15) is 0 Å². The number of aliphatic hydroxyl groups is 2. The summed E-state index contributed by atoms with van der Waals surface area (Å²) >= 11 is 0. The third-order valence-electron chi connectivity index (χ3n) is 13.3. The molecule has 0 radical (unpaired) electrons. The van der Waals surface area contributed by atoms with Gasteiger partial charge in [-0.15, -0.1) is 0 Å². The van der Waals surface area contributed by atoms with Crippen LogP contribution in [0.15, 0.2) is 36.5 Å². The summed E-state index contributed by atoms with van der Waals surface area (Å²) in [4.78, 5) is 12.4. The maximum absolute atomic E-state index is 12.4. The average molecular weight is 885 g/mol. The first-order valence-electron chi connectivity index (χ1n) is 28.7. The van der Waals surface area contributed by atoms with Crippen LogP contribution in [-0.4, -0.2) is 34.9 Å². The molecule has 0 aliphatic carbocycles. The van der Waals surface area contributed by atoms with Crippen LogP contribution in [0.4, 0.5) is 0 Å². The minimum absolute atomic E-state index is 0.0727. The highest BCUT2D eigenvalue weighted by Gasteiger charge is 2.18. The van der Waals surface area contributed by atoms with Crippen molar-refractivity contribution in [2.45, 2.75) is 328 Å². The summed E-state index contributed by atoms with van der Waals surface area (Å²) in [5, 5.41) is 23.1. The Balaban J connectivity index is 3.49. The van der Waals surface area contributed by atoms with Crippen LogP contribution in [0.3, 0.4) is 0 Å². The highest BCUT2D eigenvalue weighted by Crippen LogP contribution is 2.17. The molecular formula is C59H113NO3. The molecule has 2 unspecified atom stereocenters. The Morgan fingerprint density at radius 1 is 0.365 bits per heavy atom. The zero-order chi connectivity index (χ0) is 45.6. The van der Waals surface area contributed by atoms with Crippen molar-refractivity contribution in [1.82, 2.24) is 5.32 Å². The molecule has 0 bridgehead atoms. The number of hydrogen-bond donors (Lipinski definition) is 3. The fourth-order valence-corrected chi connectivity index (χ4v) is 8.96. The summed E-state index contributed by atoms with van der Waals surface area (Å²) in [6.45, 7) is 4.32. The SMILES string of the molecule is CCCCCCCC/C=C\CCCCCCCCCCCC(=O)NC(CO)C(O)/C=C/CC/C=C/CCCCCCCCCCCCCCCCCCCCCCCCCCCC. The van der Waals surface area contributed by atoms with Gasteiger partial charge in [-0.1, -0.05) is 288 Å². The molecule has 0 rings (SSSR count). The Labute approximate surface area is 395 Å². The van der Waals surface area contributed by atoms with Gasteiger partial charge in [-0.25, -0.2) is 0 Å². The van der Waals surface area contributed by atoms with Crippen LogP contribution in [0.1, 0.15) is 316 Å². The lowest BCUT2D eigenvalue weighted by atomic mass is 10.0. The molecule has 63 heavy (non-hydrogen) atoms. The molecule has 0 aliphatic heterocycles. The van der Waals surface area contributed by atoms with Gasteiger partial charge in [0.15, 0.2) is 0 Å². The van der Waals surface area contributed by atoms with Crippen molar-refractivity contribution in [2.24, 2.45) is 0 Å². The lowest BCUT2D eigenvalue weighted by molar-refractivity contribution is -0.123. The lowest BCUT2D eigenvalue weighted by Crippen LogP contribution is -2.45. The molecule has 0 saturated heterocycles. The Hall–Kier alpha value is -1.39. The third-order valence-corrected chi connectivity index (χ3v) is 13.3. The van der Waals surface area contributed by atoms with Gasteiger partial charge in [-0.2, -0.15) is 0 Å². The van der Waals surface area contributed by atoms with Gasteiger partial charge in [0.2, 0.25) is 5.91 Å². The van der Waals surface area contributed by atoms with E-state index in [0.717, 1.165) is 32.1 Å². The summed E-state index contributed by atoms with van der Waals surface area (Å²) in [5.74, 6) is -0.0727. The standard InChI is InChI=1S/C59H113NO3/c1-3-5-7-9-11-13-15-17-19-21-23-24-25-26-27-28-29-30-31-32-33-34-35-37-38-40-42-44-46-48-50-52-54-58(62)57(56-61)60-59(63)55-53-51-49-47-45-43-41-39-36-22-20-18-16-14-12-10-8-6-4-2/h18,20,44,46,52,54,57-58,61-62H,3-17,19,21-43,45,47-51,53,55-56H2,1-2H3,(H,60,63)/b20-18-,46-44+,54-52+. The smallest absolute Gasteiger partial charge is 0.220 e. The molecule has 0 spiro atoms. The highest BCUT2D eigenvalue weighted by molar-refractivity contribution is 5.76. The first kappa shape index (κ1) is 61.6. The fraction of sp³-hybridized carbons (Fsp3) is 0.881. The van der Waals surface area contributed by atoms with Crippen LogP contribution in [0.2, 0.25) is 0 Å². The highest BCUT2D eigenvalue weighted by atomic mass is 16.3. The number of carbonyl (C=O) groups excluding carboxylic acids is 1. The summed E-state index contributed by atoms with van der Waals surface area (Å²) in [7, 11) is 0. The number of nitrogens with one attached hydrogen (secondary N) is 1. The van der Waals surface area contributed by atoms with Gasteiger partial charge in [0.05, 0.1) is 18.8 Å². The van der Waals surface area contributed by atoms with Crippen LogP contribution < -0.4 is 5.32 Å². The van der Waals surface area contributed by atoms with E-state index in [2.05, 4.69) is 43.5 Å². The topological polar surface area (TPSA) is 69.6 Å². The van der Waals surface area contributed by atoms with Crippen molar-refractivity contribution in [1.29, 1.82) is 0 Å². The monoisotopic (exact) mass is 884 g/mol. The van der Waals surface area contributed by atoms with E-state index in [1.54, 1.807) is 6.08 Å². The quantitative estimate of drug-likeness (QED) is 0.0421. The van der Waals surface area contributed by atoms with Crippen molar-refractivity contribution < 1.29 is 15.0 Å². The van der Waals surface area contributed by atoms with E-state index in [4.69, 9.17) is 0 Å². The lowest BCUT2D eigenvalue weighted by Gasteiger charge is -2.19. The molecule has 0 heterocycles. The van der Waals surface area contributed by atoms with Gasteiger partial charge in [0, 0.05) is 6.42 Å². The zero-order valence-electron chi connectivity index (χ0n) is 42.9. The first-order valence-corrected chi connectivity index (χ1v) is 28.7. The average Bonchev–Trinajstić information content (AvgIpc) is 3.29. The van der Waals surface area contributed by atoms with Crippen molar-refractivity contribution >= 4 is 5.91 Å².